The van der Waals surface area contributed by atoms with Gasteiger partial charge in [0.15, 0.2) is 0 Å². The second-order valence-corrected chi connectivity index (χ2v) is 8.82. The minimum Gasteiger partial charge on any atom is -0.462 e. The molecule has 1 aliphatic rings. The van der Waals surface area contributed by atoms with Crippen LogP contribution in [0.1, 0.15) is 67.2 Å². The lowest BCUT2D eigenvalue weighted by atomic mass is 10.0. The van der Waals surface area contributed by atoms with E-state index < -0.39 is 0 Å². The molecule has 1 aromatic carbocycles. The minimum absolute atomic E-state index is 0.00902. The van der Waals surface area contributed by atoms with Gasteiger partial charge in [0.05, 0.1) is 5.69 Å². The first kappa shape index (κ1) is 23.6. The topological polar surface area (TPSA) is 86.1 Å². The summed E-state index contributed by atoms with van der Waals surface area (Å²) in [5, 5.41) is 2.94. The van der Waals surface area contributed by atoms with Gasteiger partial charge in [-0.3, -0.25) is 14.6 Å². The summed E-state index contributed by atoms with van der Waals surface area (Å²) in [6.07, 6.45) is 5.94. The highest BCUT2D eigenvalue weighted by atomic mass is 19.1. The molecule has 0 aliphatic carbocycles. The van der Waals surface area contributed by atoms with Crippen LogP contribution in [0.25, 0.3) is 11.4 Å². The highest BCUT2D eigenvalue weighted by Crippen LogP contribution is 2.29. The van der Waals surface area contributed by atoms with E-state index in [1.807, 2.05) is 30.5 Å². The summed E-state index contributed by atoms with van der Waals surface area (Å²) >= 11 is 0. The van der Waals surface area contributed by atoms with Crippen LogP contribution in [0.5, 0.6) is 0 Å². The lowest BCUT2D eigenvalue weighted by molar-refractivity contribution is -0.154. The number of nitrogens with one attached hydrogen (secondary N) is 1. The lowest BCUT2D eigenvalue weighted by Gasteiger charge is -2.23. The maximum atomic E-state index is 13.6. The maximum Gasteiger partial charge on any atom is 0.306 e. The number of amides is 1. The first-order valence-corrected chi connectivity index (χ1v) is 11.7. The molecule has 34 heavy (non-hydrogen) atoms. The van der Waals surface area contributed by atoms with E-state index in [2.05, 4.69) is 10.3 Å². The molecule has 8 heteroatoms. The number of esters is 1. The van der Waals surface area contributed by atoms with E-state index >= 15 is 0 Å². The zero-order valence-electron chi connectivity index (χ0n) is 19.5. The summed E-state index contributed by atoms with van der Waals surface area (Å²) in [6.45, 7) is 4.89. The van der Waals surface area contributed by atoms with Crippen LogP contribution in [-0.2, 0) is 22.6 Å². The average Bonchev–Trinajstić information content (AvgIpc) is 3.22. The van der Waals surface area contributed by atoms with E-state index in [1.165, 1.54) is 12.1 Å². The lowest BCUT2D eigenvalue weighted by Crippen LogP contribution is -2.26. The molecule has 0 spiro atoms. The zero-order chi connectivity index (χ0) is 24.1. The van der Waals surface area contributed by atoms with E-state index in [4.69, 9.17) is 9.72 Å². The van der Waals surface area contributed by atoms with Crippen molar-refractivity contribution in [1.29, 1.82) is 0 Å². The van der Waals surface area contributed by atoms with Crippen molar-refractivity contribution in [3.05, 3.63) is 71.6 Å². The van der Waals surface area contributed by atoms with Crippen LogP contribution in [0.2, 0.25) is 0 Å². The number of aromatic nitrogens is 3. The number of hydrogen-bond donors (Lipinski definition) is 1. The zero-order valence-corrected chi connectivity index (χ0v) is 19.5. The third-order valence-electron chi connectivity index (χ3n) is 5.93. The summed E-state index contributed by atoms with van der Waals surface area (Å²) in [6, 6.07) is 9.81. The number of halogens is 1. The number of ether oxygens (including phenoxy) is 1. The summed E-state index contributed by atoms with van der Waals surface area (Å²) in [4.78, 5) is 33.7. The number of benzene rings is 1. The van der Waals surface area contributed by atoms with Gasteiger partial charge in [-0.25, -0.2) is 9.37 Å². The molecule has 1 saturated heterocycles. The van der Waals surface area contributed by atoms with Gasteiger partial charge in [0.2, 0.25) is 0 Å². The molecule has 3 aromatic rings. The van der Waals surface area contributed by atoms with Gasteiger partial charge < -0.3 is 14.6 Å². The Hall–Kier alpha value is -3.55. The Balaban J connectivity index is 1.66. The van der Waals surface area contributed by atoms with Gasteiger partial charge in [-0.2, -0.15) is 0 Å². The van der Waals surface area contributed by atoms with E-state index in [-0.39, 0.29) is 29.7 Å². The van der Waals surface area contributed by atoms with Crippen LogP contribution in [0, 0.1) is 5.82 Å². The van der Waals surface area contributed by atoms with E-state index in [0.29, 0.717) is 37.4 Å². The number of nitrogens with zero attached hydrogens (tertiary/aromatic N) is 3. The summed E-state index contributed by atoms with van der Waals surface area (Å²) < 4.78 is 21.1. The molecule has 7 nitrogen and oxygen atoms in total. The van der Waals surface area contributed by atoms with Crippen molar-refractivity contribution in [2.75, 3.05) is 0 Å². The molecule has 0 unspecified atom stereocenters. The molecule has 0 radical (unpaired) electrons. The third kappa shape index (κ3) is 5.50. The molecular weight excluding hydrogens is 435 g/mol. The SMILES string of the molecule is CC(C)c1c(C(=O)NCc2cccnc2)nc(-c2ccc(F)cc2)n1CC[C@@H]1CCCC(=O)O1. The van der Waals surface area contributed by atoms with E-state index in [9.17, 15) is 14.0 Å². The molecule has 1 atom stereocenters. The summed E-state index contributed by atoms with van der Waals surface area (Å²) in [7, 11) is 0. The molecule has 4 rings (SSSR count). The minimum atomic E-state index is -0.338. The highest BCUT2D eigenvalue weighted by Gasteiger charge is 2.27. The second-order valence-electron chi connectivity index (χ2n) is 8.82. The van der Waals surface area contributed by atoms with Crippen molar-refractivity contribution < 1.29 is 18.7 Å². The van der Waals surface area contributed by atoms with Crippen molar-refractivity contribution in [3.63, 3.8) is 0 Å². The molecule has 1 N–H and O–H groups in total. The number of imidazole rings is 1. The molecule has 178 valence electrons. The number of cyclic esters (lactones) is 1. The van der Waals surface area contributed by atoms with Gasteiger partial charge >= 0.3 is 5.97 Å². The van der Waals surface area contributed by atoms with Crippen molar-refractivity contribution in [3.8, 4) is 11.4 Å². The number of rotatable bonds is 8. The van der Waals surface area contributed by atoms with Crippen LogP contribution >= 0.6 is 0 Å². The summed E-state index contributed by atoms with van der Waals surface area (Å²) in [5.74, 6) is -0.180. The second kappa shape index (κ2) is 10.6. The van der Waals surface area contributed by atoms with Gasteiger partial charge in [0.1, 0.15) is 23.4 Å². The number of carbonyl (C=O) groups excluding carboxylic acids is 2. The maximum absolute atomic E-state index is 13.6. The van der Waals surface area contributed by atoms with Gasteiger partial charge in [-0.15, -0.1) is 0 Å². The van der Waals surface area contributed by atoms with Gasteiger partial charge in [-0.05, 0) is 54.7 Å². The van der Waals surface area contributed by atoms with Crippen LogP contribution < -0.4 is 5.32 Å². The highest BCUT2D eigenvalue weighted by molar-refractivity contribution is 5.94. The molecule has 0 saturated carbocycles. The largest absolute Gasteiger partial charge is 0.462 e. The fourth-order valence-corrected chi connectivity index (χ4v) is 4.29. The summed E-state index contributed by atoms with van der Waals surface area (Å²) in [5.41, 5.74) is 2.75. The smallest absolute Gasteiger partial charge is 0.306 e. The Morgan fingerprint density at radius 1 is 1.26 bits per heavy atom. The normalized spacial score (nSPS) is 15.9. The standard InChI is InChI=1S/C26H29FN4O3/c1-17(2)24-23(26(33)29-16-18-5-4-13-28-15-18)30-25(19-8-10-20(27)11-9-19)31(24)14-12-21-6-3-7-22(32)34-21/h4-5,8-11,13,15,17,21H,3,6-7,12,14,16H2,1-2H3,(H,29,33)/t21-/m0/s1. The van der Waals surface area contributed by atoms with E-state index in [0.717, 1.165) is 29.7 Å². The van der Waals surface area contributed by atoms with Crippen molar-refractivity contribution in [2.24, 2.45) is 0 Å². The Morgan fingerprint density at radius 3 is 2.74 bits per heavy atom. The molecule has 1 aliphatic heterocycles. The Morgan fingerprint density at radius 2 is 2.06 bits per heavy atom. The monoisotopic (exact) mass is 464 g/mol. The predicted molar refractivity (Wildman–Crippen MR) is 125 cm³/mol. The van der Waals surface area contributed by atoms with Gasteiger partial charge in [-0.1, -0.05) is 19.9 Å². The van der Waals surface area contributed by atoms with E-state index in [1.54, 1.807) is 24.5 Å². The molecule has 2 aromatic heterocycles. The predicted octanol–water partition coefficient (Wildman–Crippen LogP) is 4.62. The van der Waals surface area contributed by atoms with Crippen LogP contribution in [0.4, 0.5) is 4.39 Å². The van der Waals surface area contributed by atoms with Gasteiger partial charge in [0, 0.05) is 43.9 Å². The molecule has 1 fully saturated rings. The van der Waals surface area contributed by atoms with Crippen LogP contribution in [0.3, 0.4) is 0 Å². The average molecular weight is 465 g/mol. The third-order valence-corrected chi connectivity index (χ3v) is 5.93. The Bertz CT molecular complexity index is 1140. The number of carbonyl (C=O) groups is 2. The molecule has 3 heterocycles. The first-order chi connectivity index (χ1) is 16.4. The quantitative estimate of drug-likeness (QED) is 0.492. The van der Waals surface area contributed by atoms with Crippen molar-refractivity contribution in [1.82, 2.24) is 19.9 Å². The fraction of sp³-hybridized carbons (Fsp3) is 0.385. The Kier molecular flexibility index (Phi) is 7.35. The fourth-order valence-electron chi connectivity index (χ4n) is 4.29. The van der Waals surface area contributed by atoms with Crippen LogP contribution in [0.15, 0.2) is 48.8 Å². The van der Waals surface area contributed by atoms with Gasteiger partial charge in [0.25, 0.3) is 5.91 Å². The van der Waals surface area contributed by atoms with Crippen molar-refractivity contribution in [2.45, 2.75) is 64.6 Å². The number of pyridine rings is 1. The molecule has 0 bridgehead atoms. The first-order valence-electron chi connectivity index (χ1n) is 11.7. The number of hydrogen-bond acceptors (Lipinski definition) is 5. The molecule has 1 amide bonds. The molecular formula is C26H29FN4O3. The van der Waals surface area contributed by atoms with Crippen LogP contribution in [-0.4, -0.2) is 32.5 Å². The van der Waals surface area contributed by atoms with Crippen molar-refractivity contribution >= 4 is 11.9 Å². The Labute approximate surface area is 198 Å².